The second-order valence-electron chi connectivity index (χ2n) is 3.91. The van der Waals surface area contributed by atoms with Crippen LogP contribution in [0.5, 0.6) is 0 Å². The number of amides is 1. The van der Waals surface area contributed by atoms with Gasteiger partial charge < -0.3 is 15.4 Å². The van der Waals surface area contributed by atoms with Crippen molar-refractivity contribution in [2.24, 2.45) is 0 Å². The molecular formula is C12H12N4O3. The van der Waals surface area contributed by atoms with Gasteiger partial charge in [0.2, 0.25) is 0 Å². The molecule has 7 nitrogen and oxygen atoms in total. The largest absolute Gasteiger partial charge is 0.477 e. The minimum absolute atomic E-state index is 0.136. The molecule has 19 heavy (non-hydrogen) atoms. The van der Waals surface area contributed by atoms with Gasteiger partial charge in [-0.2, -0.15) is 0 Å². The zero-order chi connectivity index (χ0) is 13.8. The molecule has 0 spiro atoms. The molecule has 0 fully saturated rings. The highest BCUT2D eigenvalue weighted by Gasteiger charge is 2.21. The number of hydrogen-bond donors (Lipinski definition) is 3. The SMILES string of the molecule is CC(NC(=O)c1nc[nH]c1C(=O)O)c1cccnc1. The molecule has 2 aromatic rings. The Balaban J connectivity index is 2.13. The van der Waals surface area contributed by atoms with E-state index in [4.69, 9.17) is 5.11 Å². The van der Waals surface area contributed by atoms with Gasteiger partial charge in [0, 0.05) is 12.4 Å². The molecule has 1 atom stereocenters. The van der Waals surface area contributed by atoms with Gasteiger partial charge in [-0.3, -0.25) is 9.78 Å². The average molecular weight is 260 g/mol. The molecule has 7 heteroatoms. The highest BCUT2D eigenvalue weighted by Crippen LogP contribution is 2.11. The Morgan fingerprint density at radius 3 is 2.89 bits per heavy atom. The third-order valence-corrected chi connectivity index (χ3v) is 2.60. The van der Waals surface area contributed by atoms with E-state index in [0.29, 0.717) is 0 Å². The van der Waals surface area contributed by atoms with Crippen LogP contribution in [0.4, 0.5) is 0 Å². The summed E-state index contributed by atoms with van der Waals surface area (Å²) >= 11 is 0. The number of aromatic amines is 1. The topological polar surface area (TPSA) is 108 Å². The van der Waals surface area contributed by atoms with E-state index >= 15 is 0 Å². The first-order valence-corrected chi connectivity index (χ1v) is 5.57. The van der Waals surface area contributed by atoms with Crippen LogP contribution in [0.25, 0.3) is 0 Å². The van der Waals surface area contributed by atoms with E-state index in [1.165, 1.54) is 6.33 Å². The van der Waals surface area contributed by atoms with Gasteiger partial charge in [0.15, 0.2) is 11.4 Å². The smallest absolute Gasteiger partial charge is 0.354 e. The number of carbonyl (C=O) groups is 2. The van der Waals surface area contributed by atoms with Crippen molar-refractivity contribution in [3.63, 3.8) is 0 Å². The second kappa shape index (κ2) is 5.30. The highest BCUT2D eigenvalue weighted by atomic mass is 16.4. The fourth-order valence-electron chi connectivity index (χ4n) is 1.61. The van der Waals surface area contributed by atoms with Crippen molar-refractivity contribution in [3.8, 4) is 0 Å². The molecule has 0 radical (unpaired) electrons. The number of hydrogen-bond acceptors (Lipinski definition) is 4. The van der Waals surface area contributed by atoms with Gasteiger partial charge in [-0.05, 0) is 18.6 Å². The number of aromatic carboxylic acids is 1. The lowest BCUT2D eigenvalue weighted by molar-refractivity contribution is 0.0684. The third kappa shape index (κ3) is 2.76. The first-order valence-electron chi connectivity index (χ1n) is 5.57. The van der Waals surface area contributed by atoms with E-state index in [9.17, 15) is 9.59 Å². The fourth-order valence-corrected chi connectivity index (χ4v) is 1.61. The van der Waals surface area contributed by atoms with Gasteiger partial charge in [-0.15, -0.1) is 0 Å². The summed E-state index contributed by atoms with van der Waals surface area (Å²) < 4.78 is 0. The van der Waals surface area contributed by atoms with Gasteiger partial charge >= 0.3 is 5.97 Å². The van der Waals surface area contributed by atoms with E-state index in [0.717, 1.165) is 5.56 Å². The monoisotopic (exact) mass is 260 g/mol. The summed E-state index contributed by atoms with van der Waals surface area (Å²) in [5.41, 5.74) is 0.461. The molecule has 2 aromatic heterocycles. The van der Waals surface area contributed by atoms with E-state index < -0.39 is 11.9 Å². The number of carbonyl (C=O) groups excluding carboxylic acids is 1. The van der Waals surface area contributed by atoms with Gasteiger partial charge in [0.25, 0.3) is 5.91 Å². The van der Waals surface area contributed by atoms with Gasteiger partial charge in [-0.25, -0.2) is 9.78 Å². The van der Waals surface area contributed by atoms with Crippen LogP contribution in [0.15, 0.2) is 30.9 Å². The fraction of sp³-hybridized carbons (Fsp3) is 0.167. The van der Waals surface area contributed by atoms with Crippen molar-refractivity contribution in [3.05, 3.63) is 47.8 Å². The summed E-state index contributed by atoms with van der Waals surface area (Å²) in [6, 6.07) is 3.29. The maximum atomic E-state index is 11.9. The summed E-state index contributed by atoms with van der Waals surface area (Å²) in [5.74, 6) is -1.77. The lowest BCUT2D eigenvalue weighted by Gasteiger charge is -2.12. The summed E-state index contributed by atoms with van der Waals surface area (Å²) in [6.45, 7) is 1.78. The van der Waals surface area contributed by atoms with Crippen molar-refractivity contribution in [2.75, 3.05) is 0 Å². The molecule has 98 valence electrons. The number of nitrogens with zero attached hydrogens (tertiary/aromatic N) is 2. The van der Waals surface area contributed by atoms with Crippen LogP contribution in [-0.4, -0.2) is 31.9 Å². The molecule has 1 unspecified atom stereocenters. The molecule has 2 rings (SSSR count). The Hall–Kier alpha value is -2.70. The predicted octanol–water partition coefficient (Wildman–Crippen LogP) is 0.994. The average Bonchev–Trinajstić information content (AvgIpc) is 2.89. The molecule has 3 N–H and O–H groups in total. The number of aromatic nitrogens is 3. The first-order chi connectivity index (χ1) is 9.09. The molecule has 0 aliphatic carbocycles. The van der Waals surface area contributed by atoms with E-state index in [1.807, 2.05) is 6.07 Å². The van der Waals surface area contributed by atoms with Crippen LogP contribution in [0.1, 0.15) is 39.5 Å². The molecule has 0 saturated carbocycles. The Bertz CT molecular complexity index is 594. The lowest BCUT2D eigenvalue weighted by atomic mass is 10.1. The number of H-pyrrole nitrogens is 1. The zero-order valence-corrected chi connectivity index (χ0v) is 10.1. The van der Waals surface area contributed by atoms with Crippen LogP contribution >= 0.6 is 0 Å². The third-order valence-electron chi connectivity index (χ3n) is 2.60. The van der Waals surface area contributed by atoms with Gasteiger partial charge in [0.1, 0.15) is 0 Å². The molecular weight excluding hydrogens is 248 g/mol. The summed E-state index contributed by atoms with van der Waals surface area (Å²) in [5, 5.41) is 11.6. The molecule has 0 aromatic carbocycles. The summed E-state index contributed by atoms with van der Waals surface area (Å²) in [6.07, 6.45) is 4.44. The number of carboxylic acids is 1. The van der Waals surface area contributed by atoms with E-state index in [1.54, 1.807) is 25.4 Å². The summed E-state index contributed by atoms with van der Waals surface area (Å²) in [4.78, 5) is 32.9. The van der Waals surface area contributed by atoms with Crippen LogP contribution in [0.2, 0.25) is 0 Å². The summed E-state index contributed by atoms with van der Waals surface area (Å²) in [7, 11) is 0. The predicted molar refractivity (Wildman–Crippen MR) is 65.7 cm³/mol. The number of nitrogens with one attached hydrogen (secondary N) is 2. The van der Waals surface area contributed by atoms with Crippen molar-refractivity contribution in [2.45, 2.75) is 13.0 Å². The van der Waals surface area contributed by atoms with E-state index in [2.05, 4.69) is 20.3 Å². The normalized spacial score (nSPS) is 11.8. The molecule has 0 saturated heterocycles. The quantitative estimate of drug-likeness (QED) is 0.759. The van der Waals surface area contributed by atoms with Crippen LogP contribution in [0.3, 0.4) is 0 Å². The van der Waals surface area contributed by atoms with Crippen LogP contribution in [0, 0.1) is 0 Å². The van der Waals surface area contributed by atoms with Crippen molar-refractivity contribution >= 4 is 11.9 Å². The Kier molecular flexibility index (Phi) is 3.56. The number of imidazole rings is 1. The molecule has 0 aliphatic rings. The Labute approximate surface area is 108 Å². The zero-order valence-electron chi connectivity index (χ0n) is 10.1. The van der Waals surface area contributed by atoms with Crippen molar-refractivity contribution < 1.29 is 14.7 Å². The standard InChI is InChI=1S/C12H12N4O3/c1-7(8-3-2-4-13-5-8)16-11(17)9-10(12(18)19)15-6-14-9/h2-7H,1H3,(H,14,15)(H,16,17)(H,18,19). The lowest BCUT2D eigenvalue weighted by Crippen LogP contribution is -2.28. The van der Waals surface area contributed by atoms with E-state index in [-0.39, 0.29) is 17.4 Å². The van der Waals surface area contributed by atoms with Crippen molar-refractivity contribution in [1.29, 1.82) is 0 Å². The highest BCUT2D eigenvalue weighted by molar-refractivity contribution is 6.02. The number of pyridine rings is 1. The molecule has 1 amide bonds. The minimum atomic E-state index is -1.23. The minimum Gasteiger partial charge on any atom is -0.477 e. The molecule has 0 aliphatic heterocycles. The van der Waals surface area contributed by atoms with Gasteiger partial charge in [-0.1, -0.05) is 6.07 Å². The van der Waals surface area contributed by atoms with Gasteiger partial charge in [0.05, 0.1) is 12.4 Å². The first kappa shape index (κ1) is 12.7. The Morgan fingerprint density at radius 1 is 1.47 bits per heavy atom. The number of carboxylic acid groups (broad SMARTS) is 1. The number of rotatable bonds is 4. The van der Waals surface area contributed by atoms with Crippen LogP contribution in [-0.2, 0) is 0 Å². The second-order valence-corrected chi connectivity index (χ2v) is 3.91. The maximum Gasteiger partial charge on any atom is 0.354 e. The molecule has 0 bridgehead atoms. The van der Waals surface area contributed by atoms with Crippen molar-refractivity contribution in [1.82, 2.24) is 20.3 Å². The Morgan fingerprint density at radius 2 is 2.26 bits per heavy atom. The van der Waals surface area contributed by atoms with Crippen LogP contribution < -0.4 is 5.32 Å². The molecule has 2 heterocycles. The maximum absolute atomic E-state index is 11.9.